The minimum Gasteiger partial charge on any atom is -0.254 e. The molecule has 37 heavy (non-hydrogen) atoms. The van der Waals surface area contributed by atoms with E-state index in [1.165, 1.54) is 23.8 Å². The molecule has 16 heteroatoms. The number of benzene rings is 2. The van der Waals surface area contributed by atoms with Gasteiger partial charge in [0.05, 0.1) is 26.1 Å². The molecule has 3 aromatic rings. The van der Waals surface area contributed by atoms with Crippen molar-refractivity contribution in [2.24, 2.45) is 22.3 Å². The van der Waals surface area contributed by atoms with Gasteiger partial charge in [0.2, 0.25) is 24.8 Å². The van der Waals surface area contributed by atoms with E-state index >= 15 is 0 Å². The van der Waals surface area contributed by atoms with E-state index in [0.29, 0.717) is 9.81 Å². The Hall–Kier alpha value is -1.22. The second-order valence-electron chi connectivity index (χ2n) is 8.51. The van der Waals surface area contributed by atoms with Gasteiger partial charge in [-0.1, -0.05) is 77.0 Å². The third-order valence-electron chi connectivity index (χ3n) is 5.87. The summed E-state index contributed by atoms with van der Waals surface area (Å²) in [6.07, 6.45) is 5.37. The van der Waals surface area contributed by atoms with E-state index < -0.39 is 29.8 Å². The molecule has 1 saturated carbocycles. The number of nitrogens with two attached hydrogens (primary N) is 2. The van der Waals surface area contributed by atoms with E-state index in [1.54, 1.807) is 11.7 Å². The SMILES string of the molecule is Cn1nc(-c2cc(S(N)(=O)=O)c(Cl)c(-c3cc(S(N)(=O)=O)c(Cl)cc3Cl)c2Cl)sc1=NC1CCCCC1. The largest absolute Gasteiger partial charge is 0.254 e. The second kappa shape index (κ2) is 10.7. The fourth-order valence-electron chi connectivity index (χ4n) is 4.09. The molecule has 1 aromatic heterocycles. The lowest BCUT2D eigenvalue weighted by molar-refractivity contribution is 0.434. The van der Waals surface area contributed by atoms with Crippen LogP contribution in [0.3, 0.4) is 0 Å². The molecule has 2 aromatic carbocycles. The molecule has 0 unspecified atom stereocenters. The smallest absolute Gasteiger partial charge is 0.239 e. The fourth-order valence-corrected chi connectivity index (χ4v) is 8.13. The second-order valence-corrected chi connectivity index (χ2v) is 14.1. The van der Waals surface area contributed by atoms with Gasteiger partial charge in [0.25, 0.3) is 0 Å². The highest BCUT2D eigenvalue weighted by Gasteiger charge is 2.28. The third kappa shape index (κ3) is 6.02. The first-order chi connectivity index (χ1) is 17.2. The molecular formula is C21H21Cl4N5O4S3. The summed E-state index contributed by atoms with van der Waals surface area (Å²) in [6, 6.07) is 3.62. The summed E-state index contributed by atoms with van der Waals surface area (Å²) in [5, 5.41) is 14.9. The van der Waals surface area contributed by atoms with Crippen LogP contribution in [0.15, 0.2) is 33.0 Å². The van der Waals surface area contributed by atoms with Crippen LogP contribution in [0.25, 0.3) is 21.7 Å². The Morgan fingerprint density at radius 3 is 2.08 bits per heavy atom. The lowest BCUT2D eigenvalue weighted by Gasteiger charge is -2.16. The van der Waals surface area contributed by atoms with Crippen molar-refractivity contribution in [3.05, 3.63) is 43.1 Å². The molecule has 0 aliphatic heterocycles. The van der Waals surface area contributed by atoms with Gasteiger partial charge < -0.3 is 0 Å². The van der Waals surface area contributed by atoms with Crippen LogP contribution >= 0.6 is 57.7 Å². The lowest BCUT2D eigenvalue weighted by Crippen LogP contribution is -2.18. The molecular weight excluding hydrogens is 624 g/mol. The Labute approximate surface area is 238 Å². The maximum atomic E-state index is 12.5. The fraction of sp³-hybridized carbons (Fsp3) is 0.333. The Bertz CT molecular complexity index is 1680. The van der Waals surface area contributed by atoms with Crippen molar-refractivity contribution >= 4 is 77.8 Å². The monoisotopic (exact) mass is 643 g/mol. The van der Waals surface area contributed by atoms with E-state index in [-0.39, 0.29) is 42.8 Å². The molecule has 9 nitrogen and oxygen atoms in total. The molecule has 0 bridgehead atoms. The zero-order valence-corrected chi connectivity index (χ0v) is 24.7. The molecule has 200 valence electrons. The molecule has 1 heterocycles. The average molecular weight is 645 g/mol. The van der Waals surface area contributed by atoms with Crippen molar-refractivity contribution in [3.8, 4) is 21.7 Å². The lowest BCUT2D eigenvalue weighted by atomic mass is 9.96. The summed E-state index contributed by atoms with van der Waals surface area (Å²) in [4.78, 5) is 4.55. The molecule has 4 rings (SSSR count). The molecule has 1 aliphatic rings. The minimum atomic E-state index is -4.35. The average Bonchev–Trinajstić information content (AvgIpc) is 3.13. The van der Waals surface area contributed by atoms with E-state index in [1.807, 2.05) is 0 Å². The van der Waals surface area contributed by atoms with Gasteiger partial charge in [-0.3, -0.25) is 4.99 Å². The number of nitrogens with zero attached hydrogens (tertiary/aromatic N) is 3. The van der Waals surface area contributed by atoms with Crippen LogP contribution in [0.2, 0.25) is 20.1 Å². The van der Waals surface area contributed by atoms with Gasteiger partial charge in [-0.2, -0.15) is 5.10 Å². The number of rotatable bonds is 5. The van der Waals surface area contributed by atoms with Crippen LogP contribution in [0.5, 0.6) is 0 Å². The predicted octanol–water partition coefficient (Wildman–Crippen LogP) is 4.96. The molecule has 1 aliphatic carbocycles. The molecule has 0 spiro atoms. The highest BCUT2D eigenvalue weighted by molar-refractivity contribution is 7.89. The van der Waals surface area contributed by atoms with Gasteiger partial charge in [-0.05, 0) is 31.0 Å². The Morgan fingerprint density at radius 1 is 0.892 bits per heavy atom. The number of sulfonamides is 2. The van der Waals surface area contributed by atoms with Crippen molar-refractivity contribution in [2.45, 2.75) is 47.9 Å². The van der Waals surface area contributed by atoms with E-state index in [0.717, 1.165) is 37.8 Å². The predicted molar refractivity (Wildman–Crippen MR) is 147 cm³/mol. The van der Waals surface area contributed by atoms with E-state index in [9.17, 15) is 16.8 Å². The Balaban J connectivity index is 2.01. The van der Waals surface area contributed by atoms with Crippen molar-refractivity contribution in [1.82, 2.24) is 9.78 Å². The summed E-state index contributed by atoms with van der Waals surface area (Å²) in [6.45, 7) is 0. The first-order valence-electron chi connectivity index (χ1n) is 10.8. The van der Waals surface area contributed by atoms with Crippen LogP contribution in [0.1, 0.15) is 32.1 Å². The van der Waals surface area contributed by atoms with Crippen molar-refractivity contribution in [2.75, 3.05) is 0 Å². The Morgan fingerprint density at radius 2 is 1.49 bits per heavy atom. The molecule has 0 atom stereocenters. The number of halogens is 4. The van der Waals surface area contributed by atoms with Crippen LogP contribution in [-0.4, -0.2) is 32.7 Å². The first kappa shape index (κ1) is 28.8. The van der Waals surface area contributed by atoms with Crippen LogP contribution in [0, 0.1) is 0 Å². The zero-order valence-electron chi connectivity index (χ0n) is 19.2. The van der Waals surface area contributed by atoms with Crippen molar-refractivity contribution < 1.29 is 16.8 Å². The normalized spacial score (nSPS) is 15.9. The standard InChI is InChI=1S/C21H21Cl4N5O4S3/c1-30-21(28-10-5-3-2-4-6-10)35-20(29-30)12-8-16(37(27,33)34)19(25)17(18(12)24)11-7-15(36(26,31)32)14(23)9-13(11)22/h7-10H,2-6H2,1H3,(H2,26,31,32)(H2,27,33,34). The highest BCUT2D eigenvalue weighted by atomic mass is 35.5. The maximum absolute atomic E-state index is 12.5. The Kier molecular flexibility index (Phi) is 8.36. The zero-order chi connectivity index (χ0) is 27.3. The molecule has 0 radical (unpaired) electrons. The van der Waals surface area contributed by atoms with Crippen LogP contribution < -0.4 is 15.1 Å². The van der Waals surface area contributed by atoms with E-state index in [2.05, 4.69) is 5.10 Å². The quantitative estimate of drug-likeness (QED) is 0.402. The molecule has 1 fully saturated rings. The topological polar surface area (TPSA) is 150 Å². The van der Waals surface area contributed by atoms with Crippen LogP contribution in [0.4, 0.5) is 0 Å². The summed E-state index contributed by atoms with van der Waals surface area (Å²) in [5.74, 6) is 0. The number of primary sulfonamides is 2. The van der Waals surface area contributed by atoms with Crippen molar-refractivity contribution in [3.63, 3.8) is 0 Å². The molecule has 0 saturated heterocycles. The van der Waals surface area contributed by atoms with Gasteiger partial charge in [0.15, 0.2) is 0 Å². The van der Waals surface area contributed by atoms with E-state index in [4.69, 9.17) is 61.7 Å². The van der Waals surface area contributed by atoms with Gasteiger partial charge in [-0.25, -0.2) is 31.8 Å². The van der Waals surface area contributed by atoms with Gasteiger partial charge in [0, 0.05) is 23.7 Å². The minimum absolute atomic E-state index is 0.00936. The van der Waals surface area contributed by atoms with Crippen molar-refractivity contribution in [1.29, 1.82) is 0 Å². The number of hydrogen-bond donors (Lipinski definition) is 2. The molecule has 4 N–H and O–H groups in total. The number of aryl methyl sites for hydroxylation is 1. The van der Waals surface area contributed by atoms with Gasteiger partial charge in [0.1, 0.15) is 14.8 Å². The highest BCUT2D eigenvalue weighted by Crippen LogP contribution is 2.47. The molecule has 0 amide bonds. The number of aromatic nitrogens is 2. The van der Waals surface area contributed by atoms with Gasteiger partial charge >= 0.3 is 0 Å². The number of hydrogen-bond acceptors (Lipinski definition) is 7. The first-order valence-corrected chi connectivity index (χ1v) is 16.3. The van der Waals surface area contributed by atoms with Gasteiger partial charge in [-0.15, -0.1) is 0 Å². The third-order valence-corrected chi connectivity index (χ3v) is 10.4. The summed E-state index contributed by atoms with van der Waals surface area (Å²) < 4.78 is 50.7. The summed E-state index contributed by atoms with van der Waals surface area (Å²) in [7, 11) is -6.90. The van der Waals surface area contributed by atoms with Crippen LogP contribution in [-0.2, 0) is 27.1 Å². The summed E-state index contributed by atoms with van der Waals surface area (Å²) >= 11 is 26.9. The maximum Gasteiger partial charge on any atom is 0.239 e. The summed E-state index contributed by atoms with van der Waals surface area (Å²) in [5.41, 5.74) is 0.115.